The Balaban J connectivity index is 1.37. The molecular weight excluding hydrogens is 454 g/mol. The fourth-order valence-corrected chi connectivity index (χ4v) is 5.51. The Hall–Kier alpha value is -2.38. The summed E-state index contributed by atoms with van der Waals surface area (Å²) >= 11 is 6.20. The van der Waals surface area contributed by atoms with E-state index in [1.807, 2.05) is 36.1 Å². The molecule has 2 aliphatic heterocycles. The molecule has 2 saturated heterocycles. The van der Waals surface area contributed by atoms with Crippen molar-refractivity contribution in [2.24, 2.45) is 11.3 Å². The minimum absolute atomic E-state index is 0.0375. The summed E-state index contributed by atoms with van der Waals surface area (Å²) in [6.07, 6.45) is 5.28. The van der Waals surface area contributed by atoms with E-state index in [0.717, 1.165) is 30.7 Å². The minimum atomic E-state index is -0.646. The first-order chi connectivity index (χ1) is 16.5. The zero-order valence-corrected chi connectivity index (χ0v) is 20.4. The third-order valence-electron chi connectivity index (χ3n) is 7.31. The van der Waals surface area contributed by atoms with Crippen molar-refractivity contribution >= 4 is 23.4 Å². The van der Waals surface area contributed by atoms with Gasteiger partial charge in [-0.25, -0.2) is 0 Å². The van der Waals surface area contributed by atoms with E-state index in [0.29, 0.717) is 50.0 Å². The van der Waals surface area contributed by atoms with Gasteiger partial charge in [0, 0.05) is 43.9 Å². The lowest BCUT2D eigenvalue weighted by molar-refractivity contribution is -0.160. The molecule has 0 bridgehead atoms. The van der Waals surface area contributed by atoms with Gasteiger partial charge in [0.1, 0.15) is 0 Å². The van der Waals surface area contributed by atoms with Crippen LogP contribution >= 0.6 is 11.6 Å². The monoisotopic (exact) mass is 485 g/mol. The third kappa shape index (κ3) is 5.01. The van der Waals surface area contributed by atoms with Crippen molar-refractivity contribution in [2.75, 3.05) is 26.2 Å². The number of rotatable bonds is 7. The SMILES string of the molecule is CCc1cc(C(=O)N2CCC[C@]3(C[C@H](OCC4CC4)CN(Cc4cccc(Cl)c4)C3=O)C2)on1. The van der Waals surface area contributed by atoms with E-state index in [9.17, 15) is 9.59 Å². The number of aromatic nitrogens is 1. The standard InChI is InChI=1S/C26H32ClN3O4/c1-2-21-12-23(34-28-21)24(31)29-10-4-9-26(17-29)13-22(33-16-18-7-8-18)15-30(25(26)32)14-19-5-3-6-20(27)11-19/h3,5-6,11-12,18,22H,2,4,7-10,13-17H2,1H3/t22-,26-/m0/s1. The second-order valence-electron chi connectivity index (χ2n) is 10.1. The summed E-state index contributed by atoms with van der Waals surface area (Å²) in [4.78, 5) is 30.8. The van der Waals surface area contributed by atoms with Gasteiger partial charge in [-0.3, -0.25) is 9.59 Å². The third-order valence-corrected chi connectivity index (χ3v) is 7.54. The van der Waals surface area contributed by atoms with Crippen molar-refractivity contribution < 1.29 is 18.8 Å². The molecule has 2 amide bonds. The number of piperidine rings is 2. The number of halogens is 1. The highest BCUT2D eigenvalue weighted by Crippen LogP contribution is 2.42. The number of nitrogens with zero attached hydrogens (tertiary/aromatic N) is 3. The Morgan fingerprint density at radius 2 is 2.18 bits per heavy atom. The van der Waals surface area contributed by atoms with Gasteiger partial charge in [0.25, 0.3) is 5.91 Å². The maximum atomic E-state index is 13.9. The molecule has 1 saturated carbocycles. The molecule has 2 atom stereocenters. The largest absolute Gasteiger partial charge is 0.376 e. The van der Waals surface area contributed by atoms with Crippen LogP contribution in [-0.2, 0) is 22.5 Å². The number of benzene rings is 1. The van der Waals surface area contributed by atoms with Crippen LogP contribution in [0.2, 0.25) is 5.02 Å². The molecule has 182 valence electrons. The Bertz CT molecular complexity index is 1050. The molecular formula is C26H32ClN3O4. The van der Waals surface area contributed by atoms with Gasteiger partial charge in [0.2, 0.25) is 11.7 Å². The van der Waals surface area contributed by atoms with Gasteiger partial charge in [0.05, 0.1) is 17.2 Å². The Morgan fingerprint density at radius 3 is 2.91 bits per heavy atom. The normalized spacial score (nSPS) is 25.2. The first kappa shape index (κ1) is 23.4. The number of carbonyl (C=O) groups excluding carboxylic acids is 2. The molecule has 1 spiro atoms. The van der Waals surface area contributed by atoms with Crippen LogP contribution in [-0.4, -0.2) is 59.1 Å². The average molecular weight is 486 g/mol. The van der Waals surface area contributed by atoms with Crippen LogP contribution in [0, 0.1) is 11.3 Å². The molecule has 3 aliphatic rings. The molecule has 3 fully saturated rings. The molecule has 0 radical (unpaired) electrons. The predicted octanol–water partition coefficient (Wildman–Crippen LogP) is 4.34. The lowest BCUT2D eigenvalue weighted by atomic mass is 9.72. The van der Waals surface area contributed by atoms with Gasteiger partial charge in [-0.1, -0.05) is 35.8 Å². The first-order valence-corrected chi connectivity index (χ1v) is 12.7. The summed E-state index contributed by atoms with van der Waals surface area (Å²) in [5, 5.41) is 4.62. The zero-order valence-electron chi connectivity index (χ0n) is 19.7. The molecule has 5 rings (SSSR count). The molecule has 0 unspecified atom stereocenters. The van der Waals surface area contributed by atoms with E-state index in [-0.39, 0.29) is 23.7 Å². The van der Waals surface area contributed by atoms with Crippen molar-refractivity contribution in [2.45, 2.75) is 58.1 Å². The van der Waals surface area contributed by atoms with E-state index in [1.54, 1.807) is 11.0 Å². The number of ether oxygens (including phenoxy) is 1. The van der Waals surface area contributed by atoms with Gasteiger partial charge >= 0.3 is 0 Å². The molecule has 7 nitrogen and oxygen atoms in total. The maximum absolute atomic E-state index is 13.9. The van der Waals surface area contributed by atoms with E-state index < -0.39 is 5.41 Å². The lowest BCUT2D eigenvalue weighted by Crippen LogP contribution is -2.60. The number of aryl methyl sites for hydroxylation is 1. The smallest absolute Gasteiger partial charge is 0.292 e. The van der Waals surface area contributed by atoms with Crippen LogP contribution in [0.4, 0.5) is 0 Å². The predicted molar refractivity (Wildman–Crippen MR) is 127 cm³/mol. The number of amides is 2. The van der Waals surface area contributed by atoms with Crippen LogP contribution in [0.15, 0.2) is 34.9 Å². The number of hydrogen-bond donors (Lipinski definition) is 0. The quantitative estimate of drug-likeness (QED) is 0.583. The summed E-state index contributed by atoms with van der Waals surface area (Å²) in [7, 11) is 0. The molecule has 8 heteroatoms. The molecule has 3 heterocycles. The molecule has 34 heavy (non-hydrogen) atoms. The van der Waals surface area contributed by atoms with Crippen molar-refractivity contribution in [1.29, 1.82) is 0 Å². The molecule has 2 aromatic rings. The Kier molecular flexibility index (Phi) is 6.67. The van der Waals surface area contributed by atoms with Crippen molar-refractivity contribution in [3.8, 4) is 0 Å². The fraction of sp³-hybridized carbons (Fsp3) is 0.577. The van der Waals surface area contributed by atoms with Gasteiger partial charge in [0.15, 0.2) is 0 Å². The van der Waals surface area contributed by atoms with E-state index in [1.165, 1.54) is 12.8 Å². The summed E-state index contributed by atoms with van der Waals surface area (Å²) < 4.78 is 11.6. The molecule has 1 aromatic carbocycles. The first-order valence-electron chi connectivity index (χ1n) is 12.4. The van der Waals surface area contributed by atoms with Crippen LogP contribution in [0.25, 0.3) is 0 Å². The Morgan fingerprint density at radius 1 is 1.32 bits per heavy atom. The molecule has 0 N–H and O–H groups in total. The minimum Gasteiger partial charge on any atom is -0.376 e. The van der Waals surface area contributed by atoms with Gasteiger partial charge < -0.3 is 19.1 Å². The molecule has 1 aliphatic carbocycles. The summed E-state index contributed by atoms with van der Waals surface area (Å²) in [6.45, 7) is 4.76. The van der Waals surface area contributed by atoms with Crippen LogP contribution < -0.4 is 0 Å². The van der Waals surface area contributed by atoms with Crippen molar-refractivity contribution in [3.05, 3.63) is 52.4 Å². The zero-order chi connectivity index (χ0) is 23.7. The van der Waals surface area contributed by atoms with Crippen LogP contribution in [0.1, 0.15) is 60.8 Å². The highest BCUT2D eigenvalue weighted by molar-refractivity contribution is 6.30. The molecule has 1 aromatic heterocycles. The average Bonchev–Trinajstić information content (AvgIpc) is 3.54. The second-order valence-corrected chi connectivity index (χ2v) is 10.5. The summed E-state index contributed by atoms with van der Waals surface area (Å²) in [5.41, 5.74) is 1.11. The van der Waals surface area contributed by atoms with Gasteiger partial charge in [-0.05, 0) is 62.1 Å². The second kappa shape index (κ2) is 9.70. The van der Waals surface area contributed by atoms with Gasteiger partial charge in [-0.2, -0.15) is 0 Å². The number of carbonyl (C=O) groups is 2. The summed E-state index contributed by atoms with van der Waals surface area (Å²) in [6, 6.07) is 9.35. The van der Waals surface area contributed by atoms with Crippen molar-refractivity contribution in [1.82, 2.24) is 15.0 Å². The topological polar surface area (TPSA) is 75.9 Å². The van der Waals surface area contributed by atoms with Crippen LogP contribution in [0.5, 0.6) is 0 Å². The fourth-order valence-electron chi connectivity index (χ4n) is 5.29. The lowest BCUT2D eigenvalue weighted by Gasteiger charge is -2.49. The number of likely N-dealkylation sites (tertiary alicyclic amines) is 2. The Labute approximate surface area is 205 Å². The van der Waals surface area contributed by atoms with Crippen molar-refractivity contribution in [3.63, 3.8) is 0 Å². The van der Waals surface area contributed by atoms with E-state index >= 15 is 0 Å². The number of hydrogen-bond acceptors (Lipinski definition) is 5. The van der Waals surface area contributed by atoms with Crippen LogP contribution in [0.3, 0.4) is 0 Å². The summed E-state index contributed by atoms with van der Waals surface area (Å²) in [5.74, 6) is 0.803. The van der Waals surface area contributed by atoms with E-state index in [4.69, 9.17) is 20.9 Å². The highest BCUT2D eigenvalue weighted by atomic mass is 35.5. The van der Waals surface area contributed by atoms with Gasteiger partial charge in [-0.15, -0.1) is 0 Å². The van der Waals surface area contributed by atoms with E-state index in [2.05, 4.69) is 5.16 Å². The maximum Gasteiger partial charge on any atom is 0.292 e. The highest BCUT2D eigenvalue weighted by Gasteiger charge is 2.51.